The van der Waals surface area contributed by atoms with E-state index in [-0.39, 0.29) is 12.6 Å². The molecule has 0 spiro atoms. The van der Waals surface area contributed by atoms with Gasteiger partial charge in [0.1, 0.15) is 12.4 Å². The van der Waals surface area contributed by atoms with Crippen LogP contribution in [0.1, 0.15) is 15.9 Å². The number of carbonyl (C=O) groups is 1. The third kappa shape index (κ3) is 3.99. The van der Waals surface area contributed by atoms with Gasteiger partial charge in [0.15, 0.2) is 0 Å². The van der Waals surface area contributed by atoms with Crippen LogP contribution in [0.5, 0.6) is 5.75 Å². The average molecular weight is 268 g/mol. The number of ether oxygens (including phenoxy) is 2. The Hall–Kier alpha value is -2.55. The molecule has 0 unspecified atom stereocenters. The first-order valence-electron chi connectivity index (χ1n) is 6.32. The van der Waals surface area contributed by atoms with E-state index in [0.29, 0.717) is 11.3 Å². The SMILES string of the molecule is COc1ccc(C(=O)OC/C=C/c2ccccc2)cc1. The molecule has 2 aromatic rings. The molecule has 0 aromatic heterocycles. The fraction of sp³-hybridized carbons (Fsp3) is 0.118. The van der Waals surface area contributed by atoms with Gasteiger partial charge < -0.3 is 9.47 Å². The lowest BCUT2D eigenvalue weighted by Crippen LogP contribution is -2.04. The van der Waals surface area contributed by atoms with Crippen LogP contribution in [0, 0.1) is 0 Å². The van der Waals surface area contributed by atoms with Crippen molar-refractivity contribution >= 4 is 12.0 Å². The van der Waals surface area contributed by atoms with E-state index >= 15 is 0 Å². The molecule has 0 N–H and O–H groups in total. The second kappa shape index (κ2) is 7.14. The molecule has 0 aliphatic rings. The molecule has 0 bridgehead atoms. The maximum atomic E-state index is 11.8. The van der Waals surface area contributed by atoms with Crippen LogP contribution in [-0.2, 0) is 4.74 Å². The van der Waals surface area contributed by atoms with Gasteiger partial charge in [0.05, 0.1) is 12.7 Å². The van der Waals surface area contributed by atoms with Crippen molar-refractivity contribution in [2.24, 2.45) is 0 Å². The van der Waals surface area contributed by atoms with Crippen LogP contribution in [-0.4, -0.2) is 19.7 Å². The summed E-state index contributed by atoms with van der Waals surface area (Å²) in [6.45, 7) is 0.250. The standard InChI is InChI=1S/C17H16O3/c1-19-16-11-9-15(10-12-16)17(18)20-13-5-8-14-6-3-2-4-7-14/h2-12H,13H2,1H3/b8-5+. The number of esters is 1. The zero-order chi connectivity index (χ0) is 14.2. The van der Waals surface area contributed by atoms with Crippen molar-refractivity contribution in [2.75, 3.05) is 13.7 Å². The molecule has 0 radical (unpaired) electrons. The van der Waals surface area contributed by atoms with Crippen LogP contribution >= 0.6 is 0 Å². The molecule has 0 fully saturated rings. The minimum Gasteiger partial charge on any atom is -0.497 e. The highest BCUT2D eigenvalue weighted by Crippen LogP contribution is 2.12. The molecule has 0 aliphatic carbocycles. The average Bonchev–Trinajstić information content (AvgIpc) is 2.52. The fourth-order valence-electron chi connectivity index (χ4n) is 1.68. The number of methoxy groups -OCH3 is 1. The number of hydrogen-bond acceptors (Lipinski definition) is 3. The second-order valence-electron chi connectivity index (χ2n) is 4.14. The first-order chi connectivity index (χ1) is 9.79. The van der Waals surface area contributed by atoms with Crippen LogP contribution in [0.25, 0.3) is 6.08 Å². The van der Waals surface area contributed by atoms with E-state index in [2.05, 4.69) is 0 Å². The smallest absolute Gasteiger partial charge is 0.338 e. The van der Waals surface area contributed by atoms with Gasteiger partial charge in [0.2, 0.25) is 0 Å². The van der Waals surface area contributed by atoms with Gasteiger partial charge in [-0.2, -0.15) is 0 Å². The van der Waals surface area contributed by atoms with Gasteiger partial charge >= 0.3 is 5.97 Å². The molecule has 102 valence electrons. The van der Waals surface area contributed by atoms with Crippen LogP contribution < -0.4 is 4.74 Å². The van der Waals surface area contributed by atoms with Crippen molar-refractivity contribution in [1.29, 1.82) is 0 Å². The van der Waals surface area contributed by atoms with Crippen LogP contribution in [0.2, 0.25) is 0 Å². The highest BCUT2D eigenvalue weighted by Gasteiger charge is 2.05. The van der Waals surface area contributed by atoms with Gasteiger partial charge in [-0.1, -0.05) is 36.4 Å². The fourth-order valence-corrected chi connectivity index (χ4v) is 1.68. The summed E-state index contributed by atoms with van der Waals surface area (Å²) in [5, 5.41) is 0. The predicted molar refractivity (Wildman–Crippen MR) is 78.8 cm³/mol. The Bertz CT molecular complexity index is 571. The Balaban J connectivity index is 1.84. The summed E-state index contributed by atoms with van der Waals surface area (Å²) >= 11 is 0. The van der Waals surface area contributed by atoms with Crippen LogP contribution in [0.15, 0.2) is 60.7 Å². The molecule has 2 aromatic carbocycles. The lowest BCUT2D eigenvalue weighted by Gasteiger charge is -2.03. The number of rotatable bonds is 5. The Morgan fingerprint density at radius 3 is 2.40 bits per heavy atom. The summed E-state index contributed by atoms with van der Waals surface area (Å²) in [7, 11) is 1.59. The van der Waals surface area contributed by atoms with E-state index in [1.165, 1.54) is 0 Å². The van der Waals surface area contributed by atoms with Crippen molar-refractivity contribution in [2.45, 2.75) is 0 Å². The summed E-state index contributed by atoms with van der Waals surface area (Å²) in [6, 6.07) is 16.7. The van der Waals surface area contributed by atoms with Crippen molar-refractivity contribution in [3.05, 3.63) is 71.8 Å². The summed E-state index contributed by atoms with van der Waals surface area (Å²) in [5.41, 5.74) is 1.59. The molecule has 0 aliphatic heterocycles. The first-order valence-corrected chi connectivity index (χ1v) is 6.32. The molecule has 2 rings (SSSR count). The van der Waals surface area contributed by atoms with Crippen LogP contribution in [0.3, 0.4) is 0 Å². The highest BCUT2D eigenvalue weighted by atomic mass is 16.5. The van der Waals surface area contributed by atoms with Gasteiger partial charge in [-0.3, -0.25) is 0 Å². The Morgan fingerprint density at radius 1 is 1.05 bits per heavy atom. The normalized spacial score (nSPS) is 10.4. The zero-order valence-electron chi connectivity index (χ0n) is 11.3. The molecular weight excluding hydrogens is 252 g/mol. The molecule has 0 amide bonds. The summed E-state index contributed by atoms with van der Waals surface area (Å²) in [6.07, 6.45) is 3.73. The number of hydrogen-bond donors (Lipinski definition) is 0. The van der Waals surface area contributed by atoms with Crippen molar-refractivity contribution in [3.63, 3.8) is 0 Å². The minimum absolute atomic E-state index is 0.250. The molecule has 0 saturated carbocycles. The maximum Gasteiger partial charge on any atom is 0.338 e. The molecule has 3 nitrogen and oxygen atoms in total. The van der Waals surface area contributed by atoms with Gasteiger partial charge in [-0.15, -0.1) is 0 Å². The summed E-state index contributed by atoms with van der Waals surface area (Å²) in [4.78, 5) is 11.8. The third-order valence-electron chi connectivity index (χ3n) is 2.75. The Morgan fingerprint density at radius 2 is 1.75 bits per heavy atom. The van der Waals surface area contributed by atoms with Crippen LogP contribution in [0.4, 0.5) is 0 Å². The Kier molecular flexibility index (Phi) is 4.95. The number of benzene rings is 2. The Labute approximate surface area is 118 Å². The van der Waals surface area contributed by atoms with E-state index in [0.717, 1.165) is 5.56 Å². The molecule has 20 heavy (non-hydrogen) atoms. The molecular formula is C17H16O3. The predicted octanol–water partition coefficient (Wildman–Crippen LogP) is 3.57. The molecule has 0 atom stereocenters. The van der Waals surface area contributed by atoms with Crippen molar-refractivity contribution in [1.82, 2.24) is 0 Å². The molecule has 3 heteroatoms. The van der Waals surface area contributed by atoms with Crippen molar-refractivity contribution < 1.29 is 14.3 Å². The quantitative estimate of drug-likeness (QED) is 0.778. The first kappa shape index (κ1) is 13.9. The largest absolute Gasteiger partial charge is 0.497 e. The van der Waals surface area contributed by atoms with Gasteiger partial charge in [-0.25, -0.2) is 4.79 Å². The third-order valence-corrected chi connectivity index (χ3v) is 2.75. The van der Waals surface area contributed by atoms with E-state index in [4.69, 9.17) is 9.47 Å². The number of carbonyl (C=O) groups excluding carboxylic acids is 1. The zero-order valence-corrected chi connectivity index (χ0v) is 11.3. The topological polar surface area (TPSA) is 35.5 Å². The van der Waals surface area contributed by atoms with Gasteiger partial charge in [-0.05, 0) is 35.9 Å². The lowest BCUT2D eigenvalue weighted by molar-refractivity contribution is 0.0550. The van der Waals surface area contributed by atoms with Gasteiger partial charge in [0, 0.05) is 0 Å². The van der Waals surface area contributed by atoms with E-state index in [1.807, 2.05) is 42.5 Å². The molecule has 0 heterocycles. The lowest BCUT2D eigenvalue weighted by atomic mass is 10.2. The van der Waals surface area contributed by atoms with E-state index < -0.39 is 0 Å². The maximum absolute atomic E-state index is 11.8. The minimum atomic E-state index is -0.342. The second-order valence-corrected chi connectivity index (χ2v) is 4.14. The van der Waals surface area contributed by atoms with Gasteiger partial charge in [0.25, 0.3) is 0 Å². The van der Waals surface area contributed by atoms with Crippen molar-refractivity contribution in [3.8, 4) is 5.75 Å². The van der Waals surface area contributed by atoms with E-state index in [1.54, 1.807) is 31.4 Å². The van der Waals surface area contributed by atoms with E-state index in [9.17, 15) is 4.79 Å². The summed E-state index contributed by atoms with van der Waals surface area (Å²) < 4.78 is 10.2. The molecule has 0 saturated heterocycles. The highest BCUT2D eigenvalue weighted by molar-refractivity contribution is 5.89. The summed E-state index contributed by atoms with van der Waals surface area (Å²) in [5.74, 6) is 0.371. The monoisotopic (exact) mass is 268 g/mol.